The van der Waals surface area contributed by atoms with Crippen molar-refractivity contribution in [2.75, 3.05) is 11.1 Å². The van der Waals surface area contributed by atoms with Gasteiger partial charge in [0.15, 0.2) is 5.16 Å². The maximum absolute atomic E-state index is 13.2. The van der Waals surface area contributed by atoms with E-state index in [0.29, 0.717) is 21.7 Å². The summed E-state index contributed by atoms with van der Waals surface area (Å²) >= 11 is 4.61. The minimum absolute atomic E-state index is 0.132. The molecule has 0 fully saturated rings. The highest BCUT2D eigenvalue weighted by molar-refractivity contribution is 9.10. The van der Waals surface area contributed by atoms with Gasteiger partial charge < -0.3 is 5.32 Å². The third-order valence-electron chi connectivity index (χ3n) is 4.50. The molecule has 1 aromatic heterocycles. The summed E-state index contributed by atoms with van der Waals surface area (Å²) in [5.41, 5.74) is 3.00. The molecule has 0 aliphatic heterocycles. The zero-order chi connectivity index (χ0) is 21.1. The molecule has 0 saturated heterocycles. The topological polar surface area (TPSA) is 64.0 Å². The lowest BCUT2D eigenvalue weighted by atomic mass is 10.2. The quantitative estimate of drug-likeness (QED) is 0.316. The molecule has 0 saturated carbocycles. The number of aromatic nitrogens is 2. The van der Waals surface area contributed by atoms with Crippen molar-refractivity contribution in [2.45, 2.75) is 12.1 Å². The molecule has 4 rings (SSSR count). The van der Waals surface area contributed by atoms with Crippen LogP contribution in [0.2, 0.25) is 0 Å². The number of fused-ring (bicyclic) bond motifs is 1. The van der Waals surface area contributed by atoms with Crippen LogP contribution in [0.15, 0.2) is 87.2 Å². The number of thioether (sulfide) groups is 1. The number of hydrogen-bond acceptors (Lipinski definition) is 4. The Bertz CT molecular complexity index is 1270. The van der Waals surface area contributed by atoms with Gasteiger partial charge in [-0.2, -0.15) is 0 Å². The molecule has 30 heavy (non-hydrogen) atoms. The van der Waals surface area contributed by atoms with Crippen molar-refractivity contribution in [1.29, 1.82) is 0 Å². The van der Waals surface area contributed by atoms with Gasteiger partial charge in [0.1, 0.15) is 0 Å². The van der Waals surface area contributed by atoms with E-state index in [4.69, 9.17) is 0 Å². The van der Waals surface area contributed by atoms with Crippen molar-refractivity contribution in [3.8, 4) is 5.69 Å². The number of hydrogen-bond donors (Lipinski definition) is 1. The van der Waals surface area contributed by atoms with Crippen molar-refractivity contribution < 1.29 is 4.79 Å². The fourth-order valence-electron chi connectivity index (χ4n) is 2.99. The second-order valence-corrected chi connectivity index (χ2v) is 8.59. The molecule has 0 aliphatic rings. The average molecular weight is 480 g/mol. The molecule has 3 aromatic carbocycles. The van der Waals surface area contributed by atoms with Crippen LogP contribution in [-0.4, -0.2) is 21.2 Å². The zero-order valence-electron chi connectivity index (χ0n) is 16.1. The van der Waals surface area contributed by atoms with Crippen molar-refractivity contribution in [1.82, 2.24) is 9.55 Å². The first-order chi connectivity index (χ1) is 14.5. The van der Waals surface area contributed by atoms with Gasteiger partial charge in [-0.05, 0) is 55.5 Å². The largest absolute Gasteiger partial charge is 0.325 e. The smallest absolute Gasteiger partial charge is 0.266 e. The summed E-state index contributed by atoms with van der Waals surface area (Å²) in [5.74, 6) is -0.0348. The van der Waals surface area contributed by atoms with Gasteiger partial charge in [-0.1, -0.05) is 57.5 Å². The van der Waals surface area contributed by atoms with Crippen molar-refractivity contribution >= 4 is 50.2 Å². The summed E-state index contributed by atoms with van der Waals surface area (Å²) in [6.07, 6.45) is 0. The van der Waals surface area contributed by atoms with E-state index in [0.717, 1.165) is 15.7 Å². The molecule has 1 amide bonds. The molecular weight excluding hydrogens is 462 g/mol. The van der Waals surface area contributed by atoms with Gasteiger partial charge in [-0.3, -0.25) is 14.2 Å². The van der Waals surface area contributed by atoms with Gasteiger partial charge in [0.25, 0.3) is 5.56 Å². The minimum atomic E-state index is -0.166. The van der Waals surface area contributed by atoms with Gasteiger partial charge in [0.05, 0.1) is 22.3 Å². The molecule has 0 bridgehead atoms. The normalized spacial score (nSPS) is 10.9. The van der Waals surface area contributed by atoms with E-state index in [1.54, 1.807) is 10.6 Å². The van der Waals surface area contributed by atoms with Gasteiger partial charge in [-0.15, -0.1) is 0 Å². The summed E-state index contributed by atoms with van der Waals surface area (Å²) < 4.78 is 2.51. The number of rotatable bonds is 5. The van der Waals surface area contributed by atoms with Gasteiger partial charge in [0.2, 0.25) is 5.91 Å². The molecule has 7 heteroatoms. The second kappa shape index (κ2) is 8.85. The number of anilines is 1. The van der Waals surface area contributed by atoms with Gasteiger partial charge >= 0.3 is 0 Å². The predicted molar refractivity (Wildman–Crippen MR) is 126 cm³/mol. The number of carbonyl (C=O) groups excluding carboxylic acids is 1. The lowest BCUT2D eigenvalue weighted by molar-refractivity contribution is -0.113. The number of carbonyl (C=O) groups is 1. The highest BCUT2D eigenvalue weighted by Crippen LogP contribution is 2.22. The Labute approximate surface area is 186 Å². The first-order valence-electron chi connectivity index (χ1n) is 9.28. The summed E-state index contributed by atoms with van der Waals surface area (Å²) in [5, 5.41) is 3.89. The van der Waals surface area contributed by atoms with Crippen LogP contribution in [-0.2, 0) is 4.79 Å². The lowest BCUT2D eigenvalue weighted by Gasteiger charge is -2.13. The molecule has 0 radical (unpaired) electrons. The Kier molecular flexibility index (Phi) is 6.01. The van der Waals surface area contributed by atoms with E-state index in [9.17, 15) is 9.59 Å². The maximum atomic E-state index is 13.2. The monoisotopic (exact) mass is 479 g/mol. The Balaban J connectivity index is 1.66. The van der Waals surface area contributed by atoms with E-state index in [-0.39, 0.29) is 17.2 Å². The van der Waals surface area contributed by atoms with Crippen molar-refractivity contribution in [3.63, 3.8) is 0 Å². The van der Waals surface area contributed by atoms with Crippen LogP contribution in [0.1, 0.15) is 5.56 Å². The molecule has 150 valence electrons. The molecule has 1 N–H and O–H groups in total. The van der Waals surface area contributed by atoms with E-state index in [1.807, 2.05) is 73.7 Å². The fraction of sp³-hybridized carbons (Fsp3) is 0.0870. The Morgan fingerprint density at radius 1 is 1.03 bits per heavy atom. The highest BCUT2D eigenvalue weighted by Gasteiger charge is 2.15. The lowest BCUT2D eigenvalue weighted by Crippen LogP contribution is -2.23. The van der Waals surface area contributed by atoms with Crippen LogP contribution in [0, 0.1) is 6.92 Å². The van der Waals surface area contributed by atoms with E-state index in [1.165, 1.54) is 11.8 Å². The van der Waals surface area contributed by atoms with E-state index in [2.05, 4.69) is 26.2 Å². The number of aryl methyl sites for hydroxylation is 1. The molecule has 0 unspecified atom stereocenters. The molecule has 4 aromatic rings. The standard InChI is InChI=1S/C23H18BrN3O2S/c1-15-6-12-18(13-7-15)27-22(29)19-4-2-3-5-20(19)26-23(27)30-14-21(28)25-17-10-8-16(24)9-11-17/h2-13H,14H2,1H3,(H,25,28). The van der Waals surface area contributed by atoms with Gasteiger partial charge in [0, 0.05) is 10.2 Å². The van der Waals surface area contributed by atoms with Crippen LogP contribution in [0.3, 0.4) is 0 Å². The van der Waals surface area contributed by atoms with Crippen LogP contribution in [0.5, 0.6) is 0 Å². The predicted octanol–water partition coefficient (Wildman–Crippen LogP) is 5.19. The molecular formula is C23H18BrN3O2S. The third kappa shape index (κ3) is 4.47. The summed E-state index contributed by atoms with van der Waals surface area (Å²) in [4.78, 5) is 30.3. The molecule has 0 spiro atoms. The fourth-order valence-corrected chi connectivity index (χ4v) is 4.07. The minimum Gasteiger partial charge on any atom is -0.325 e. The summed E-state index contributed by atoms with van der Waals surface area (Å²) in [7, 11) is 0. The first kappa shape index (κ1) is 20.4. The average Bonchev–Trinajstić information content (AvgIpc) is 2.75. The van der Waals surface area contributed by atoms with E-state index < -0.39 is 0 Å². The van der Waals surface area contributed by atoms with Crippen LogP contribution < -0.4 is 10.9 Å². The van der Waals surface area contributed by atoms with Crippen LogP contribution >= 0.6 is 27.7 Å². The number of amides is 1. The number of nitrogens with one attached hydrogen (secondary N) is 1. The highest BCUT2D eigenvalue weighted by atomic mass is 79.9. The first-order valence-corrected chi connectivity index (χ1v) is 11.1. The number of para-hydroxylation sites is 1. The van der Waals surface area contributed by atoms with Crippen molar-refractivity contribution in [3.05, 3.63) is 93.2 Å². The molecule has 0 atom stereocenters. The Hall–Kier alpha value is -2.90. The van der Waals surface area contributed by atoms with Crippen LogP contribution in [0.25, 0.3) is 16.6 Å². The van der Waals surface area contributed by atoms with E-state index >= 15 is 0 Å². The summed E-state index contributed by atoms with van der Waals surface area (Å²) in [6.45, 7) is 1.99. The zero-order valence-corrected chi connectivity index (χ0v) is 18.5. The Morgan fingerprint density at radius 3 is 2.47 bits per heavy atom. The maximum Gasteiger partial charge on any atom is 0.266 e. The molecule has 0 aliphatic carbocycles. The molecule has 1 heterocycles. The molecule has 5 nitrogen and oxygen atoms in total. The van der Waals surface area contributed by atoms with Gasteiger partial charge in [-0.25, -0.2) is 4.98 Å². The number of benzene rings is 3. The van der Waals surface area contributed by atoms with Crippen LogP contribution in [0.4, 0.5) is 5.69 Å². The summed E-state index contributed by atoms with van der Waals surface area (Å²) in [6, 6.07) is 22.3. The SMILES string of the molecule is Cc1ccc(-n2c(SCC(=O)Nc3ccc(Br)cc3)nc3ccccc3c2=O)cc1. The number of halogens is 1. The Morgan fingerprint density at radius 2 is 1.73 bits per heavy atom. The van der Waals surface area contributed by atoms with Crippen molar-refractivity contribution in [2.24, 2.45) is 0 Å². The second-order valence-electron chi connectivity index (χ2n) is 6.73. The third-order valence-corrected chi connectivity index (χ3v) is 5.96. The number of nitrogens with zero attached hydrogens (tertiary/aromatic N) is 2.